The highest BCUT2D eigenvalue weighted by atomic mass is 19.1. The normalized spacial score (nSPS) is 18.8. The van der Waals surface area contributed by atoms with Crippen molar-refractivity contribution in [2.45, 2.75) is 18.6 Å². The summed E-state index contributed by atoms with van der Waals surface area (Å²) in [6, 6.07) is 11.8. The lowest BCUT2D eigenvalue weighted by molar-refractivity contribution is -0.00896. The number of benzene rings is 2. The van der Waals surface area contributed by atoms with Crippen LogP contribution in [0, 0.1) is 23.0 Å². The Bertz CT molecular complexity index is 1590. The first-order chi connectivity index (χ1) is 19.6. The van der Waals surface area contributed by atoms with Crippen LogP contribution in [0.25, 0.3) is 33.2 Å². The second-order valence-corrected chi connectivity index (χ2v) is 9.95. The molecule has 0 radical (unpaired) electrons. The largest absolute Gasteiger partial charge is 0.373 e. The zero-order valence-corrected chi connectivity index (χ0v) is 22.0. The Balaban J connectivity index is 1.53. The van der Waals surface area contributed by atoms with Gasteiger partial charge in [-0.1, -0.05) is 6.07 Å². The van der Waals surface area contributed by atoms with Crippen LogP contribution in [0.2, 0.25) is 0 Å². The molecular weight excluding hydrogens is 514 g/mol. The lowest BCUT2D eigenvalue weighted by atomic mass is 9.94. The molecule has 1 unspecified atom stereocenters. The first kappa shape index (κ1) is 26.1. The number of rotatable bonds is 6. The molecule has 2 fully saturated rings. The number of piperidine rings is 1. The molecule has 4 heterocycles. The first-order valence-corrected chi connectivity index (χ1v) is 13.2. The maximum atomic E-state index is 14.4. The number of hydrogen-bond acceptors (Lipinski definition) is 8. The number of halogens is 2. The Hall–Kier alpha value is -4.17. The van der Waals surface area contributed by atoms with Gasteiger partial charge in [-0.05, 0) is 41.8 Å². The molecule has 10 heteroatoms. The average molecular weight is 543 g/mol. The maximum absolute atomic E-state index is 14.4. The number of anilines is 2. The Morgan fingerprint density at radius 3 is 2.77 bits per heavy atom. The Kier molecular flexibility index (Phi) is 7.26. The zero-order valence-electron chi connectivity index (χ0n) is 22.0. The van der Waals surface area contributed by atoms with Crippen molar-refractivity contribution in [1.29, 1.82) is 5.26 Å². The summed E-state index contributed by atoms with van der Waals surface area (Å²) in [6.45, 7) is 3.03. The van der Waals surface area contributed by atoms with Crippen LogP contribution in [0.3, 0.4) is 0 Å². The first-order valence-electron chi connectivity index (χ1n) is 13.2. The fraction of sp³-hybridized carbons (Fsp3) is 0.300. The molecule has 2 atom stereocenters. The van der Waals surface area contributed by atoms with Crippen LogP contribution in [0.4, 0.5) is 20.2 Å². The SMILES string of the molecule is COCNc1cncc(-c2ccc3ncc(-c4cc(F)cc(F)c4)c(N4CCC5NCCO[C@@H]5C4)c3c2)c1C#N. The van der Waals surface area contributed by atoms with Crippen molar-refractivity contribution in [1.82, 2.24) is 15.3 Å². The number of pyridine rings is 2. The molecule has 0 spiro atoms. The van der Waals surface area contributed by atoms with Crippen LogP contribution in [0.5, 0.6) is 0 Å². The van der Waals surface area contributed by atoms with Crippen molar-refractivity contribution < 1.29 is 18.3 Å². The van der Waals surface area contributed by atoms with Crippen LogP contribution in [0.1, 0.15) is 12.0 Å². The Labute approximate surface area is 230 Å². The molecule has 0 saturated carbocycles. The van der Waals surface area contributed by atoms with Gasteiger partial charge in [0.25, 0.3) is 0 Å². The standard InChI is InChI=1S/C30H28F2N6O2/c1-39-17-37-28-15-34-13-24(23(28)12-33)18-2-3-26-22(10-18)30(38-6-4-27-29(16-38)40-7-5-35-27)25(14-36-26)19-8-20(31)11-21(32)9-19/h2-3,8-11,13-15,27,29,35,37H,4-7,16-17H2,1H3/t27?,29-/m1/s1. The zero-order chi connectivity index (χ0) is 27.6. The van der Waals surface area contributed by atoms with E-state index in [0.29, 0.717) is 41.1 Å². The average Bonchev–Trinajstić information content (AvgIpc) is 2.98. The molecule has 0 bridgehead atoms. The van der Waals surface area contributed by atoms with E-state index in [0.717, 1.165) is 47.7 Å². The van der Waals surface area contributed by atoms with Crippen molar-refractivity contribution in [2.24, 2.45) is 0 Å². The molecule has 2 aromatic carbocycles. The number of ether oxygens (including phenoxy) is 2. The van der Waals surface area contributed by atoms with Crippen LogP contribution >= 0.6 is 0 Å². The van der Waals surface area contributed by atoms with E-state index in [1.807, 2.05) is 18.2 Å². The summed E-state index contributed by atoms with van der Waals surface area (Å²) in [4.78, 5) is 11.2. The molecule has 40 heavy (non-hydrogen) atoms. The summed E-state index contributed by atoms with van der Waals surface area (Å²) in [5, 5.41) is 17.4. The minimum atomic E-state index is -0.654. The van der Waals surface area contributed by atoms with Crippen molar-refractivity contribution in [3.63, 3.8) is 0 Å². The molecule has 0 amide bonds. The van der Waals surface area contributed by atoms with Gasteiger partial charge < -0.3 is 25.0 Å². The number of nitriles is 1. The summed E-state index contributed by atoms with van der Waals surface area (Å²) in [6.07, 6.45) is 5.78. The third-order valence-electron chi connectivity index (χ3n) is 7.50. The van der Waals surface area contributed by atoms with Crippen molar-refractivity contribution in [3.05, 3.63) is 72.2 Å². The number of nitrogens with zero attached hydrogens (tertiary/aromatic N) is 4. The second-order valence-electron chi connectivity index (χ2n) is 9.95. The van der Waals surface area contributed by atoms with Crippen LogP contribution < -0.4 is 15.5 Å². The minimum absolute atomic E-state index is 0.0103. The van der Waals surface area contributed by atoms with Crippen molar-refractivity contribution in [3.8, 4) is 28.3 Å². The van der Waals surface area contributed by atoms with Gasteiger partial charge in [0.1, 0.15) is 24.4 Å². The summed E-state index contributed by atoms with van der Waals surface area (Å²) in [5.74, 6) is -1.31. The topological polar surface area (TPSA) is 95.3 Å². The van der Waals surface area contributed by atoms with E-state index < -0.39 is 11.6 Å². The lowest BCUT2D eigenvalue weighted by Crippen LogP contribution is -2.57. The molecule has 2 aliphatic rings. The number of methoxy groups -OCH3 is 1. The summed E-state index contributed by atoms with van der Waals surface area (Å²) >= 11 is 0. The molecule has 2 N–H and O–H groups in total. The highest BCUT2D eigenvalue weighted by Crippen LogP contribution is 2.41. The van der Waals surface area contributed by atoms with Gasteiger partial charge in [-0.2, -0.15) is 5.26 Å². The predicted molar refractivity (Wildman–Crippen MR) is 149 cm³/mol. The van der Waals surface area contributed by atoms with Gasteiger partial charge in [0, 0.05) is 67.8 Å². The smallest absolute Gasteiger partial charge is 0.126 e. The summed E-state index contributed by atoms with van der Waals surface area (Å²) in [5.41, 5.74) is 5.00. The van der Waals surface area contributed by atoms with E-state index in [2.05, 4.69) is 31.6 Å². The third kappa shape index (κ3) is 4.95. The number of fused-ring (bicyclic) bond motifs is 2. The number of aromatic nitrogens is 2. The Morgan fingerprint density at radius 2 is 1.98 bits per heavy atom. The van der Waals surface area contributed by atoms with Gasteiger partial charge in [0.2, 0.25) is 0 Å². The molecule has 2 aliphatic heterocycles. The highest BCUT2D eigenvalue weighted by Gasteiger charge is 2.33. The molecule has 6 rings (SSSR count). The fourth-order valence-electron chi connectivity index (χ4n) is 5.67. The van der Waals surface area contributed by atoms with E-state index in [1.165, 1.54) is 12.1 Å². The van der Waals surface area contributed by atoms with Gasteiger partial charge in [-0.3, -0.25) is 9.97 Å². The van der Waals surface area contributed by atoms with E-state index in [-0.39, 0.29) is 18.9 Å². The van der Waals surface area contributed by atoms with Gasteiger partial charge in [-0.25, -0.2) is 8.78 Å². The summed E-state index contributed by atoms with van der Waals surface area (Å²) in [7, 11) is 1.56. The molecule has 2 saturated heterocycles. The monoisotopic (exact) mass is 542 g/mol. The quantitative estimate of drug-likeness (QED) is 0.339. The van der Waals surface area contributed by atoms with Crippen LogP contribution in [-0.2, 0) is 9.47 Å². The number of hydrogen-bond donors (Lipinski definition) is 2. The second kappa shape index (κ2) is 11.1. The third-order valence-corrected chi connectivity index (χ3v) is 7.50. The predicted octanol–water partition coefficient (Wildman–Crippen LogP) is 4.70. The van der Waals surface area contributed by atoms with Gasteiger partial charge >= 0.3 is 0 Å². The van der Waals surface area contributed by atoms with Crippen molar-refractivity contribution in [2.75, 3.05) is 50.3 Å². The van der Waals surface area contributed by atoms with Gasteiger partial charge in [0.15, 0.2) is 0 Å². The molecule has 0 aliphatic carbocycles. The molecule has 2 aromatic heterocycles. The number of morpholine rings is 1. The number of nitrogens with one attached hydrogen (secondary N) is 2. The minimum Gasteiger partial charge on any atom is -0.373 e. The molecule has 8 nitrogen and oxygen atoms in total. The fourth-order valence-corrected chi connectivity index (χ4v) is 5.67. The molecule has 204 valence electrons. The van der Waals surface area contributed by atoms with E-state index in [4.69, 9.17) is 9.47 Å². The van der Waals surface area contributed by atoms with Gasteiger partial charge in [0.05, 0.1) is 41.4 Å². The maximum Gasteiger partial charge on any atom is 0.126 e. The van der Waals surface area contributed by atoms with Gasteiger partial charge in [-0.15, -0.1) is 0 Å². The lowest BCUT2D eigenvalue weighted by Gasteiger charge is -2.43. The van der Waals surface area contributed by atoms with Crippen LogP contribution in [-0.4, -0.2) is 62.2 Å². The van der Waals surface area contributed by atoms with Crippen LogP contribution in [0.15, 0.2) is 55.0 Å². The highest BCUT2D eigenvalue weighted by molar-refractivity contribution is 6.02. The van der Waals surface area contributed by atoms with E-state index in [1.54, 1.807) is 25.7 Å². The molecular formula is C30H28F2N6O2. The Morgan fingerprint density at radius 1 is 1.12 bits per heavy atom. The van der Waals surface area contributed by atoms with E-state index >= 15 is 0 Å². The van der Waals surface area contributed by atoms with Crippen molar-refractivity contribution >= 4 is 22.3 Å². The molecule has 4 aromatic rings. The van der Waals surface area contributed by atoms with E-state index in [9.17, 15) is 14.0 Å². The summed E-state index contributed by atoms with van der Waals surface area (Å²) < 4.78 is 39.9.